The second kappa shape index (κ2) is 3.77. The van der Waals surface area contributed by atoms with Crippen LogP contribution < -0.4 is 5.73 Å². The van der Waals surface area contributed by atoms with Gasteiger partial charge in [-0.15, -0.1) is 5.10 Å². The van der Waals surface area contributed by atoms with Crippen molar-refractivity contribution in [3.8, 4) is 0 Å². The molecule has 11 heavy (non-hydrogen) atoms. The molecular weight excluding hydrogens is 180 g/mol. The summed E-state index contributed by atoms with van der Waals surface area (Å²) in [5.41, 5.74) is 5.53. The van der Waals surface area contributed by atoms with Crippen LogP contribution in [0.15, 0.2) is 0 Å². The van der Waals surface area contributed by atoms with Crippen LogP contribution in [0.4, 0.5) is 5.95 Å². The van der Waals surface area contributed by atoms with E-state index in [9.17, 15) is 0 Å². The smallest absolute Gasteiger partial charge is 0.220 e. The minimum absolute atomic E-state index is 0.462. The van der Waals surface area contributed by atoms with Crippen molar-refractivity contribution in [2.45, 2.75) is 6.54 Å². The van der Waals surface area contributed by atoms with Gasteiger partial charge in [0.1, 0.15) is 0 Å². The van der Waals surface area contributed by atoms with Crippen molar-refractivity contribution < 1.29 is 0 Å². The summed E-state index contributed by atoms with van der Waals surface area (Å²) in [6.07, 6.45) is 2.04. The molecule has 0 saturated heterocycles. The highest BCUT2D eigenvalue weighted by Crippen LogP contribution is 2.01. The molecule has 0 bridgehead atoms. The summed E-state index contributed by atoms with van der Waals surface area (Å²) < 4.78 is 2.38. The monoisotopic (exact) mass is 190 g/mol. The predicted molar refractivity (Wildman–Crippen MR) is 50.2 cm³/mol. The first-order chi connectivity index (χ1) is 5.25. The highest BCUT2D eigenvalue weighted by Gasteiger charge is 1.98. The zero-order valence-corrected chi connectivity index (χ0v) is 7.84. The Kier molecular flexibility index (Phi) is 2.95. The quantitative estimate of drug-likeness (QED) is 0.695. The fourth-order valence-electron chi connectivity index (χ4n) is 0.729. The highest BCUT2D eigenvalue weighted by molar-refractivity contribution is 7.98. The topological polar surface area (TPSA) is 59.6 Å². The largest absolute Gasteiger partial charge is 0.368 e. The first-order valence-corrected chi connectivity index (χ1v) is 4.95. The Hall–Kier alpha value is -0.490. The van der Waals surface area contributed by atoms with E-state index in [1.165, 1.54) is 0 Å². The van der Waals surface area contributed by atoms with Gasteiger partial charge in [-0.3, -0.25) is 4.57 Å². The minimum atomic E-state index is 0.462. The molecule has 0 aromatic carbocycles. The number of aromatic amines is 1. The molecule has 1 heterocycles. The Morgan fingerprint density at radius 2 is 2.55 bits per heavy atom. The van der Waals surface area contributed by atoms with Crippen molar-refractivity contribution in [3.05, 3.63) is 4.77 Å². The van der Waals surface area contributed by atoms with Crippen molar-refractivity contribution in [1.82, 2.24) is 14.8 Å². The summed E-state index contributed by atoms with van der Waals surface area (Å²) in [6, 6.07) is 0. The van der Waals surface area contributed by atoms with Gasteiger partial charge in [-0.25, -0.2) is 5.10 Å². The SMILES string of the molecule is CSCCn1c(N)n[nH]c1=S. The number of nitrogens with zero attached hydrogens (tertiary/aromatic N) is 2. The van der Waals surface area contributed by atoms with Crippen LogP contribution >= 0.6 is 24.0 Å². The predicted octanol–water partition coefficient (Wildman–Crippen LogP) is 0.886. The second-order valence-electron chi connectivity index (χ2n) is 2.03. The molecule has 1 rings (SSSR count). The number of hydrogen-bond donors (Lipinski definition) is 2. The van der Waals surface area contributed by atoms with E-state index >= 15 is 0 Å². The van der Waals surface area contributed by atoms with Crippen LogP contribution in [0.2, 0.25) is 0 Å². The van der Waals surface area contributed by atoms with Crippen molar-refractivity contribution in [2.24, 2.45) is 0 Å². The first-order valence-electron chi connectivity index (χ1n) is 3.15. The molecule has 6 heteroatoms. The number of hydrogen-bond acceptors (Lipinski definition) is 4. The first kappa shape index (κ1) is 8.61. The number of H-pyrrole nitrogens is 1. The fraction of sp³-hybridized carbons (Fsp3) is 0.600. The van der Waals surface area contributed by atoms with E-state index in [2.05, 4.69) is 10.2 Å². The molecule has 0 saturated carbocycles. The van der Waals surface area contributed by atoms with Gasteiger partial charge in [-0.1, -0.05) is 0 Å². The lowest BCUT2D eigenvalue weighted by Crippen LogP contribution is -2.04. The average molecular weight is 190 g/mol. The molecule has 4 nitrogen and oxygen atoms in total. The van der Waals surface area contributed by atoms with Crippen LogP contribution in [-0.4, -0.2) is 26.8 Å². The maximum atomic E-state index is 5.53. The second-order valence-corrected chi connectivity index (χ2v) is 3.40. The lowest BCUT2D eigenvalue weighted by atomic mass is 10.7. The third kappa shape index (κ3) is 1.97. The van der Waals surface area contributed by atoms with Gasteiger partial charge in [0.2, 0.25) is 5.95 Å². The molecule has 3 N–H and O–H groups in total. The number of aromatic nitrogens is 3. The highest BCUT2D eigenvalue weighted by atomic mass is 32.2. The van der Waals surface area contributed by atoms with Gasteiger partial charge in [0.05, 0.1) is 0 Å². The van der Waals surface area contributed by atoms with Crippen LogP contribution in [0.5, 0.6) is 0 Å². The van der Waals surface area contributed by atoms with Crippen LogP contribution in [-0.2, 0) is 6.54 Å². The Bertz CT molecular complexity index is 276. The molecule has 0 atom stereocenters. The van der Waals surface area contributed by atoms with Crippen LogP contribution in [0.1, 0.15) is 0 Å². The van der Waals surface area contributed by atoms with Gasteiger partial charge in [0, 0.05) is 12.3 Å². The Labute approximate surface area is 74.2 Å². The number of nitrogens with two attached hydrogens (primary N) is 1. The Morgan fingerprint density at radius 3 is 3.00 bits per heavy atom. The zero-order chi connectivity index (χ0) is 8.27. The van der Waals surface area contributed by atoms with E-state index < -0.39 is 0 Å². The number of rotatable bonds is 3. The average Bonchev–Trinajstić information content (AvgIpc) is 2.29. The van der Waals surface area contributed by atoms with Crippen LogP contribution in [0.25, 0.3) is 0 Å². The number of nitrogen functional groups attached to an aromatic ring is 1. The summed E-state index contributed by atoms with van der Waals surface area (Å²) >= 11 is 6.69. The van der Waals surface area contributed by atoms with E-state index in [0.29, 0.717) is 10.7 Å². The normalized spacial score (nSPS) is 10.3. The van der Waals surface area contributed by atoms with Gasteiger partial charge in [0.25, 0.3) is 0 Å². The standard InChI is InChI=1S/C5H10N4S2/c1-11-3-2-9-4(6)7-8-5(9)10/h2-3H2,1H3,(H2,6,7)(H,8,10). The fourth-order valence-corrected chi connectivity index (χ4v) is 1.32. The minimum Gasteiger partial charge on any atom is -0.368 e. The molecule has 0 aliphatic rings. The maximum absolute atomic E-state index is 5.53. The third-order valence-electron chi connectivity index (χ3n) is 1.31. The molecule has 62 valence electrons. The molecular formula is C5H10N4S2. The van der Waals surface area contributed by atoms with Gasteiger partial charge in [-0.2, -0.15) is 11.8 Å². The number of nitrogens with one attached hydrogen (secondary N) is 1. The van der Waals surface area contributed by atoms with Crippen LogP contribution in [0.3, 0.4) is 0 Å². The van der Waals surface area contributed by atoms with E-state index in [0.717, 1.165) is 12.3 Å². The molecule has 0 radical (unpaired) electrons. The molecule has 1 aromatic rings. The lowest BCUT2D eigenvalue weighted by molar-refractivity contribution is 0.768. The molecule has 0 spiro atoms. The zero-order valence-electron chi connectivity index (χ0n) is 6.20. The third-order valence-corrected chi connectivity index (χ3v) is 2.21. The van der Waals surface area contributed by atoms with Crippen molar-refractivity contribution in [1.29, 1.82) is 0 Å². The van der Waals surface area contributed by atoms with Gasteiger partial charge >= 0.3 is 0 Å². The molecule has 0 aliphatic heterocycles. The summed E-state index contributed by atoms with van der Waals surface area (Å²) in [5.74, 6) is 1.46. The molecule has 0 unspecified atom stereocenters. The van der Waals surface area contributed by atoms with E-state index in [1.54, 1.807) is 16.3 Å². The van der Waals surface area contributed by atoms with Crippen molar-refractivity contribution in [2.75, 3.05) is 17.7 Å². The summed E-state index contributed by atoms with van der Waals surface area (Å²) in [4.78, 5) is 0. The van der Waals surface area contributed by atoms with Crippen LogP contribution in [0, 0.1) is 4.77 Å². The summed E-state index contributed by atoms with van der Waals surface area (Å²) in [5, 5.41) is 6.41. The summed E-state index contributed by atoms with van der Waals surface area (Å²) in [6.45, 7) is 0.822. The molecule has 1 aromatic heterocycles. The lowest BCUT2D eigenvalue weighted by Gasteiger charge is -1.99. The van der Waals surface area contributed by atoms with Gasteiger partial charge in [-0.05, 0) is 18.5 Å². The number of anilines is 1. The summed E-state index contributed by atoms with van der Waals surface area (Å²) in [7, 11) is 0. The Balaban J connectivity index is 2.75. The van der Waals surface area contributed by atoms with Crippen molar-refractivity contribution in [3.63, 3.8) is 0 Å². The Morgan fingerprint density at radius 1 is 1.82 bits per heavy atom. The van der Waals surface area contributed by atoms with E-state index in [1.807, 2.05) is 6.26 Å². The molecule has 0 amide bonds. The number of thioether (sulfide) groups is 1. The van der Waals surface area contributed by atoms with E-state index in [-0.39, 0.29) is 0 Å². The molecule has 0 aliphatic carbocycles. The van der Waals surface area contributed by atoms with Gasteiger partial charge in [0.15, 0.2) is 4.77 Å². The molecule has 0 fully saturated rings. The maximum Gasteiger partial charge on any atom is 0.220 e. The van der Waals surface area contributed by atoms with Crippen molar-refractivity contribution >= 4 is 29.9 Å². The van der Waals surface area contributed by atoms with Gasteiger partial charge < -0.3 is 5.73 Å². The van der Waals surface area contributed by atoms with E-state index in [4.69, 9.17) is 18.0 Å².